The molecule has 0 radical (unpaired) electrons. The second-order valence-electron chi connectivity index (χ2n) is 9.61. The van der Waals surface area contributed by atoms with Crippen LogP contribution in [0.2, 0.25) is 0 Å². The average Bonchev–Trinajstić information content (AvgIpc) is 3.39. The molecule has 0 unspecified atom stereocenters. The summed E-state index contributed by atoms with van der Waals surface area (Å²) in [5.41, 5.74) is 4.05. The van der Waals surface area contributed by atoms with E-state index in [1.807, 2.05) is 0 Å². The van der Waals surface area contributed by atoms with E-state index in [2.05, 4.69) is 45.9 Å². The van der Waals surface area contributed by atoms with Crippen molar-refractivity contribution in [2.24, 2.45) is 17.3 Å². The van der Waals surface area contributed by atoms with Crippen LogP contribution in [-0.4, -0.2) is 18.5 Å². The summed E-state index contributed by atoms with van der Waals surface area (Å²) < 4.78 is 6.08. The zero-order chi connectivity index (χ0) is 19.5. The molecule has 1 saturated heterocycles. The molecule has 0 N–H and O–H groups in total. The minimum atomic E-state index is -0.239. The molecule has 27 heavy (non-hydrogen) atoms. The van der Waals surface area contributed by atoms with Gasteiger partial charge in [0.25, 0.3) is 0 Å². The molecular formula is C25H38O2. The lowest BCUT2D eigenvalue weighted by atomic mass is 9.53. The van der Waals surface area contributed by atoms with Gasteiger partial charge in [0.1, 0.15) is 6.29 Å². The standard InChI is InChI=1S/C25H38O2/c1-19(2)7-6-15-24(17-26)22-12-10-20(3)8-5-9-21(4)11-13-23(24)25(16-14-22)18-27-25/h7,9-10,17,22-23H,5-6,8,11-16,18H2,1-4H3/t22-,23+,24-,25+/m0/s1. The number of aldehydes is 1. The quantitative estimate of drug-likeness (QED) is 0.318. The van der Waals surface area contributed by atoms with Gasteiger partial charge in [0, 0.05) is 11.3 Å². The van der Waals surface area contributed by atoms with Gasteiger partial charge >= 0.3 is 0 Å². The lowest BCUT2D eigenvalue weighted by Crippen LogP contribution is -2.51. The number of rotatable bonds is 4. The summed E-state index contributed by atoms with van der Waals surface area (Å²) in [4.78, 5) is 12.8. The molecule has 2 aliphatic carbocycles. The maximum absolute atomic E-state index is 12.8. The maximum atomic E-state index is 12.8. The highest BCUT2D eigenvalue weighted by molar-refractivity contribution is 5.62. The van der Waals surface area contributed by atoms with Gasteiger partial charge in [-0.25, -0.2) is 0 Å². The number of hydrogen-bond donors (Lipinski definition) is 0. The molecule has 4 atom stereocenters. The Morgan fingerprint density at radius 1 is 1.19 bits per heavy atom. The summed E-state index contributed by atoms with van der Waals surface area (Å²) in [5.74, 6) is 0.822. The summed E-state index contributed by atoms with van der Waals surface area (Å²) in [5, 5.41) is 0. The Morgan fingerprint density at radius 2 is 1.93 bits per heavy atom. The second-order valence-corrected chi connectivity index (χ2v) is 9.61. The zero-order valence-corrected chi connectivity index (χ0v) is 17.9. The summed E-state index contributed by atoms with van der Waals surface area (Å²) in [6, 6.07) is 0. The highest BCUT2D eigenvalue weighted by Crippen LogP contribution is 2.60. The van der Waals surface area contributed by atoms with Gasteiger partial charge in [-0.1, -0.05) is 34.9 Å². The van der Waals surface area contributed by atoms with Gasteiger partial charge in [0.2, 0.25) is 0 Å². The van der Waals surface area contributed by atoms with Crippen molar-refractivity contribution in [2.75, 3.05) is 6.61 Å². The van der Waals surface area contributed by atoms with Gasteiger partial charge < -0.3 is 9.53 Å². The summed E-state index contributed by atoms with van der Waals surface area (Å²) in [7, 11) is 0. The van der Waals surface area contributed by atoms with Crippen molar-refractivity contribution < 1.29 is 9.53 Å². The van der Waals surface area contributed by atoms with Crippen molar-refractivity contribution in [3.05, 3.63) is 34.9 Å². The lowest BCUT2D eigenvalue weighted by Gasteiger charge is -2.49. The molecule has 2 nitrogen and oxygen atoms in total. The Labute approximate surface area is 166 Å². The normalized spacial score (nSPS) is 36.7. The molecular weight excluding hydrogens is 332 g/mol. The van der Waals surface area contributed by atoms with E-state index in [9.17, 15) is 4.79 Å². The van der Waals surface area contributed by atoms with Gasteiger partial charge in [-0.15, -0.1) is 0 Å². The first kappa shape index (κ1) is 20.6. The molecule has 1 spiro atoms. The molecule has 0 aromatic carbocycles. The van der Waals surface area contributed by atoms with Gasteiger partial charge in [-0.3, -0.25) is 0 Å². The summed E-state index contributed by atoms with van der Waals surface area (Å²) in [6.07, 6.45) is 18.3. The Kier molecular flexibility index (Phi) is 6.46. The average molecular weight is 371 g/mol. The number of carbonyl (C=O) groups is 1. The van der Waals surface area contributed by atoms with Gasteiger partial charge in [-0.2, -0.15) is 0 Å². The molecule has 0 aromatic heterocycles. The van der Waals surface area contributed by atoms with Crippen LogP contribution in [0.5, 0.6) is 0 Å². The van der Waals surface area contributed by atoms with Crippen LogP contribution in [0.4, 0.5) is 0 Å². The Bertz CT molecular complexity index is 631. The minimum absolute atomic E-state index is 0.00839. The van der Waals surface area contributed by atoms with E-state index >= 15 is 0 Å². The minimum Gasteiger partial charge on any atom is -0.369 e. The SMILES string of the molecule is CC(C)=CCC[C@]1(C=O)[C@H]2CC=C(C)CCC=C(C)CC[C@H]1[C@@]1(CC2)CO1. The highest BCUT2D eigenvalue weighted by atomic mass is 16.6. The van der Waals surface area contributed by atoms with E-state index in [0.717, 1.165) is 64.4 Å². The monoisotopic (exact) mass is 370 g/mol. The van der Waals surface area contributed by atoms with Crippen LogP contribution in [0.1, 0.15) is 85.5 Å². The van der Waals surface area contributed by atoms with Crippen molar-refractivity contribution in [3.63, 3.8) is 0 Å². The number of epoxide rings is 1. The fourth-order valence-corrected chi connectivity index (χ4v) is 5.64. The molecule has 3 aliphatic rings. The largest absolute Gasteiger partial charge is 0.369 e. The fraction of sp³-hybridized carbons (Fsp3) is 0.720. The van der Waals surface area contributed by atoms with Crippen molar-refractivity contribution in [3.8, 4) is 0 Å². The first-order valence-corrected chi connectivity index (χ1v) is 11.0. The van der Waals surface area contributed by atoms with Crippen LogP contribution in [0.25, 0.3) is 0 Å². The van der Waals surface area contributed by atoms with E-state index in [0.29, 0.717) is 11.8 Å². The molecule has 2 heteroatoms. The van der Waals surface area contributed by atoms with E-state index in [1.165, 1.54) is 23.0 Å². The van der Waals surface area contributed by atoms with Crippen molar-refractivity contribution in [2.45, 2.75) is 91.1 Å². The molecule has 2 bridgehead atoms. The third-order valence-electron chi connectivity index (χ3n) is 7.43. The van der Waals surface area contributed by atoms with Crippen LogP contribution in [0.3, 0.4) is 0 Å². The Balaban J connectivity index is 1.97. The predicted molar refractivity (Wildman–Crippen MR) is 113 cm³/mol. The Hall–Kier alpha value is -1.15. The molecule has 1 saturated carbocycles. The van der Waals surface area contributed by atoms with Crippen LogP contribution in [-0.2, 0) is 9.53 Å². The zero-order valence-electron chi connectivity index (χ0n) is 17.9. The summed E-state index contributed by atoms with van der Waals surface area (Å²) >= 11 is 0. The van der Waals surface area contributed by atoms with Crippen molar-refractivity contribution in [1.29, 1.82) is 0 Å². The highest BCUT2D eigenvalue weighted by Gasteiger charge is 2.63. The van der Waals surface area contributed by atoms with Crippen LogP contribution >= 0.6 is 0 Å². The number of carbonyl (C=O) groups excluding carboxylic acids is 1. The smallest absolute Gasteiger partial charge is 0.126 e. The van der Waals surface area contributed by atoms with Crippen LogP contribution in [0.15, 0.2) is 34.9 Å². The first-order chi connectivity index (χ1) is 12.9. The number of fused-ring (bicyclic) bond motifs is 3. The molecule has 1 aliphatic heterocycles. The third-order valence-corrected chi connectivity index (χ3v) is 7.43. The molecule has 1 heterocycles. The molecule has 2 fully saturated rings. The number of allylic oxidation sites excluding steroid dienone is 6. The fourth-order valence-electron chi connectivity index (χ4n) is 5.64. The second kappa shape index (κ2) is 8.47. The van der Waals surface area contributed by atoms with Crippen molar-refractivity contribution in [1.82, 2.24) is 0 Å². The topological polar surface area (TPSA) is 29.6 Å². The first-order valence-electron chi connectivity index (χ1n) is 11.0. The predicted octanol–water partition coefficient (Wildman–Crippen LogP) is 6.57. The van der Waals surface area contributed by atoms with Gasteiger partial charge in [-0.05, 0) is 91.4 Å². The van der Waals surface area contributed by atoms with Crippen LogP contribution in [0, 0.1) is 17.3 Å². The van der Waals surface area contributed by atoms with E-state index in [4.69, 9.17) is 4.74 Å². The van der Waals surface area contributed by atoms with E-state index < -0.39 is 0 Å². The molecule has 0 aromatic rings. The van der Waals surface area contributed by atoms with E-state index in [-0.39, 0.29) is 11.0 Å². The molecule has 3 rings (SSSR count). The van der Waals surface area contributed by atoms with Gasteiger partial charge in [0.05, 0.1) is 12.2 Å². The van der Waals surface area contributed by atoms with Crippen LogP contribution < -0.4 is 0 Å². The third kappa shape index (κ3) is 4.47. The van der Waals surface area contributed by atoms with Crippen molar-refractivity contribution >= 4 is 6.29 Å². The number of hydrogen-bond acceptors (Lipinski definition) is 2. The Morgan fingerprint density at radius 3 is 2.59 bits per heavy atom. The maximum Gasteiger partial charge on any atom is 0.126 e. The lowest BCUT2D eigenvalue weighted by molar-refractivity contribution is -0.131. The van der Waals surface area contributed by atoms with Gasteiger partial charge in [0.15, 0.2) is 0 Å². The molecule has 150 valence electrons. The summed E-state index contributed by atoms with van der Waals surface area (Å²) in [6.45, 7) is 9.69. The molecule has 0 amide bonds. The number of ether oxygens (including phenoxy) is 1. The van der Waals surface area contributed by atoms with E-state index in [1.54, 1.807) is 0 Å².